The molecule has 3 aromatic carbocycles. The smallest absolute Gasteiger partial charge is 0.272 e. The Morgan fingerprint density at radius 1 is 1.00 bits per heavy atom. The van der Waals surface area contributed by atoms with Gasteiger partial charge in [-0.05, 0) is 44.0 Å². The van der Waals surface area contributed by atoms with Crippen molar-refractivity contribution in [3.8, 4) is 11.3 Å². The summed E-state index contributed by atoms with van der Waals surface area (Å²) >= 11 is 0. The first-order valence-electron chi connectivity index (χ1n) is 10.8. The third kappa shape index (κ3) is 3.59. The molecule has 0 bridgehead atoms. The molecule has 5 rings (SSSR count). The summed E-state index contributed by atoms with van der Waals surface area (Å²) in [5.41, 5.74) is 8.33. The van der Waals surface area contributed by atoms with Crippen LogP contribution < -0.4 is 10.7 Å². The number of carbonyl (C=O) groups excluding carboxylic acids is 2. The first kappa shape index (κ1) is 20.7. The third-order valence-electron chi connectivity index (χ3n) is 6.20. The molecule has 2 heterocycles. The number of carbonyl (C=O) groups is 2. The maximum absolute atomic E-state index is 13.3. The van der Waals surface area contributed by atoms with Gasteiger partial charge in [-0.1, -0.05) is 60.2 Å². The number of H-pyrrole nitrogens is 1. The van der Waals surface area contributed by atoms with Crippen molar-refractivity contribution in [2.24, 2.45) is 5.10 Å². The number of benzene rings is 3. The summed E-state index contributed by atoms with van der Waals surface area (Å²) in [7, 11) is 0. The zero-order chi connectivity index (χ0) is 23.2. The van der Waals surface area contributed by atoms with Crippen LogP contribution in [-0.2, 0) is 10.2 Å². The van der Waals surface area contributed by atoms with E-state index < -0.39 is 5.41 Å². The minimum atomic E-state index is -0.752. The van der Waals surface area contributed by atoms with Crippen LogP contribution in [0, 0.1) is 6.92 Å². The Labute approximate surface area is 191 Å². The minimum Gasteiger partial charge on any atom is -0.354 e. The molecule has 0 aliphatic carbocycles. The normalized spacial score (nSPS) is 13.0. The number of hydrogen-bond donors (Lipinski definition) is 3. The molecular weight excluding hydrogens is 412 g/mol. The van der Waals surface area contributed by atoms with Crippen LogP contribution >= 0.6 is 0 Å². The summed E-state index contributed by atoms with van der Waals surface area (Å²) in [6.07, 6.45) is 1.66. The summed E-state index contributed by atoms with van der Waals surface area (Å²) in [6, 6.07) is 21.4. The van der Waals surface area contributed by atoms with E-state index in [1.165, 1.54) is 0 Å². The SMILES string of the molecule is Cc1ccc(C(C)(C)C(=O)Nc2cc3c4c(c(-c5ccccc5)[nH]c4c2)C=NNC3=O)cc1. The summed E-state index contributed by atoms with van der Waals surface area (Å²) in [5.74, 6) is -0.472. The van der Waals surface area contributed by atoms with Gasteiger partial charge in [0.2, 0.25) is 5.91 Å². The first-order chi connectivity index (χ1) is 15.8. The lowest BCUT2D eigenvalue weighted by Gasteiger charge is -2.24. The minimum absolute atomic E-state index is 0.154. The molecule has 0 saturated heterocycles. The first-order valence-corrected chi connectivity index (χ1v) is 10.8. The summed E-state index contributed by atoms with van der Waals surface area (Å²) in [5, 5.41) is 7.89. The molecule has 33 heavy (non-hydrogen) atoms. The Hall–Kier alpha value is -4.19. The van der Waals surface area contributed by atoms with Gasteiger partial charge in [-0.25, -0.2) is 5.43 Å². The molecule has 2 amide bonds. The maximum Gasteiger partial charge on any atom is 0.272 e. The van der Waals surface area contributed by atoms with Gasteiger partial charge in [0.15, 0.2) is 0 Å². The van der Waals surface area contributed by atoms with Crippen LogP contribution in [0.4, 0.5) is 5.69 Å². The van der Waals surface area contributed by atoms with Crippen LogP contribution in [0.1, 0.15) is 40.9 Å². The predicted octanol–water partition coefficient (Wildman–Crippen LogP) is 5.14. The number of nitrogens with zero attached hydrogens (tertiary/aromatic N) is 1. The molecule has 0 fully saturated rings. The van der Waals surface area contributed by atoms with Crippen LogP contribution in [0.3, 0.4) is 0 Å². The second-order valence-electron chi connectivity index (χ2n) is 8.87. The monoisotopic (exact) mass is 436 g/mol. The molecule has 6 nitrogen and oxygen atoms in total. The van der Waals surface area contributed by atoms with Crippen molar-refractivity contribution < 1.29 is 9.59 Å². The van der Waals surface area contributed by atoms with Crippen molar-refractivity contribution in [3.05, 3.63) is 89.0 Å². The van der Waals surface area contributed by atoms with E-state index >= 15 is 0 Å². The van der Waals surface area contributed by atoms with Crippen molar-refractivity contribution in [2.45, 2.75) is 26.2 Å². The van der Waals surface area contributed by atoms with E-state index in [0.717, 1.165) is 38.9 Å². The number of aromatic amines is 1. The van der Waals surface area contributed by atoms with E-state index in [0.29, 0.717) is 11.3 Å². The highest BCUT2D eigenvalue weighted by Crippen LogP contribution is 2.35. The fourth-order valence-corrected chi connectivity index (χ4v) is 4.18. The number of aryl methyl sites for hydroxylation is 1. The van der Waals surface area contributed by atoms with E-state index in [1.54, 1.807) is 12.3 Å². The van der Waals surface area contributed by atoms with Crippen LogP contribution in [0.2, 0.25) is 0 Å². The fourth-order valence-electron chi connectivity index (χ4n) is 4.18. The van der Waals surface area contributed by atoms with Crippen molar-refractivity contribution in [1.29, 1.82) is 0 Å². The Kier molecular flexibility index (Phi) is 4.86. The average molecular weight is 437 g/mol. The molecule has 0 unspecified atom stereocenters. The largest absolute Gasteiger partial charge is 0.354 e. The Balaban J connectivity index is 1.58. The van der Waals surface area contributed by atoms with Crippen LogP contribution in [0.15, 0.2) is 71.8 Å². The molecule has 164 valence electrons. The Morgan fingerprint density at radius 3 is 2.45 bits per heavy atom. The number of rotatable bonds is 4. The quantitative estimate of drug-likeness (QED) is 0.414. The number of amides is 2. The van der Waals surface area contributed by atoms with Crippen LogP contribution in [-0.4, -0.2) is 23.0 Å². The summed E-state index contributed by atoms with van der Waals surface area (Å²) in [6.45, 7) is 5.80. The summed E-state index contributed by atoms with van der Waals surface area (Å²) in [4.78, 5) is 29.5. The van der Waals surface area contributed by atoms with Crippen molar-refractivity contribution >= 4 is 34.6 Å². The molecule has 0 saturated carbocycles. The van der Waals surface area contributed by atoms with Gasteiger partial charge in [0.05, 0.1) is 22.9 Å². The maximum atomic E-state index is 13.3. The predicted molar refractivity (Wildman–Crippen MR) is 132 cm³/mol. The highest BCUT2D eigenvalue weighted by atomic mass is 16.2. The average Bonchev–Trinajstić information content (AvgIpc) is 3.08. The standard InChI is InChI=1S/C27H24N4O2/c1-16-9-11-18(12-10-16)27(2,3)26(33)29-19-13-20-23-21(15-28-31-25(20)32)24(30-22(23)14-19)17-7-5-4-6-8-17/h4-15,30H,1-3H3,(H,29,33)(H,31,32). The van der Waals surface area contributed by atoms with Crippen LogP contribution in [0.5, 0.6) is 0 Å². The molecule has 1 aromatic heterocycles. The lowest BCUT2D eigenvalue weighted by Crippen LogP contribution is -2.34. The second-order valence-corrected chi connectivity index (χ2v) is 8.87. The Bertz CT molecular complexity index is 1410. The van der Waals surface area contributed by atoms with E-state index in [2.05, 4.69) is 20.8 Å². The zero-order valence-electron chi connectivity index (χ0n) is 18.7. The lowest BCUT2D eigenvalue weighted by molar-refractivity contribution is -0.120. The number of hydrogen-bond acceptors (Lipinski definition) is 3. The zero-order valence-corrected chi connectivity index (χ0v) is 18.7. The molecule has 0 spiro atoms. The molecule has 4 aromatic rings. The lowest BCUT2D eigenvalue weighted by atomic mass is 9.83. The van der Waals surface area contributed by atoms with Crippen LogP contribution in [0.25, 0.3) is 22.2 Å². The highest BCUT2D eigenvalue weighted by Gasteiger charge is 2.30. The van der Waals surface area contributed by atoms with E-state index in [9.17, 15) is 9.59 Å². The van der Waals surface area contributed by atoms with Crippen molar-refractivity contribution in [3.63, 3.8) is 0 Å². The number of anilines is 1. The van der Waals surface area contributed by atoms with E-state index in [4.69, 9.17) is 0 Å². The van der Waals surface area contributed by atoms with Gasteiger partial charge < -0.3 is 10.3 Å². The highest BCUT2D eigenvalue weighted by molar-refractivity contribution is 6.18. The van der Waals surface area contributed by atoms with Gasteiger partial charge in [0, 0.05) is 22.2 Å². The van der Waals surface area contributed by atoms with Crippen molar-refractivity contribution in [2.75, 3.05) is 5.32 Å². The molecule has 0 radical (unpaired) electrons. The molecule has 1 aliphatic heterocycles. The van der Waals surface area contributed by atoms with Crippen molar-refractivity contribution in [1.82, 2.24) is 10.4 Å². The summed E-state index contributed by atoms with van der Waals surface area (Å²) < 4.78 is 0. The van der Waals surface area contributed by atoms with Gasteiger partial charge in [0.1, 0.15) is 0 Å². The topological polar surface area (TPSA) is 86.3 Å². The van der Waals surface area contributed by atoms with Gasteiger partial charge in [-0.15, -0.1) is 0 Å². The van der Waals surface area contributed by atoms with E-state index in [1.807, 2.05) is 81.4 Å². The molecule has 6 heteroatoms. The number of nitrogens with one attached hydrogen (secondary N) is 3. The van der Waals surface area contributed by atoms with E-state index in [-0.39, 0.29) is 11.8 Å². The second kappa shape index (κ2) is 7.74. The Morgan fingerprint density at radius 2 is 1.73 bits per heavy atom. The van der Waals surface area contributed by atoms with Gasteiger partial charge in [-0.3, -0.25) is 9.59 Å². The molecule has 3 N–H and O–H groups in total. The van der Waals surface area contributed by atoms with Gasteiger partial charge in [0.25, 0.3) is 5.91 Å². The fraction of sp³-hybridized carbons (Fsp3) is 0.148. The molecule has 1 aliphatic rings. The van der Waals surface area contributed by atoms with Gasteiger partial charge in [-0.2, -0.15) is 5.10 Å². The molecular formula is C27H24N4O2. The third-order valence-corrected chi connectivity index (χ3v) is 6.20. The van der Waals surface area contributed by atoms with Gasteiger partial charge >= 0.3 is 0 Å². The molecule has 0 atom stereocenters. The number of hydrazone groups is 1. The number of aromatic nitrogens is 1.